The number of hydrogen-bond acceptors (Lipinski definition) is 1. The van der Waals surface area contributed by atoms with Crippen LogP contribution < -0.4 is 0 Å². The van der Waals surface area contributed by atoms with Crippen LogP contribution in [0, 0.1) is 6.92 Å². The fourth-order valence-corrected chi connectivity index (χ4v) is 5.51. The Labute approximate surface area is 148 Å². The molecule has 0 saturated carbocycles. The van der Waals surface area contributed by atoms with Crippen molar-refractivity contribution in [2.75, 3.05) is 5.75 Å². The van der Waals surface area contributed by atoms with E-state index in [-0.39, 0.29) is 0 Å². The van der Waals surface area contributed by atoms with Crippen LogP contribution in [0.4, 0.5) is 0 Å². The number of benzene rings is 2. The summed E-state index contributed by atoms with van der Waals surface area (Å²) in [4.78, 5) is 1.48. The minimum Gasteiger partial charge on any atom is -0.126 e. The van der Waals surface area contributed by atoms with Crippen molar-refractivity contribution in [3.63, 3.8) is 0 Å². The van der Waals surface area contributed by atoms with Gasteiger partial charge in [-0.1, -0.05) is 48.1 Å². The predicted molar refractivity (Wildman–Crippen MR) is 107 cm³/mol. The van der Waals surface area contributed by atoms with Crippen LogP contribution in [0.3, 0.4) is 0 Å². The molecule has 5 rings (SSSR count). The topological polar surface area (TPSA) is 0 Å². The second-order valence-corrected chi connectivity index (χ2v) is 8.30. The van der Waals surface area contributed by atoms with Gasteiger partial charge < -0.3 is 0 Å². The summed E-state index contributed by atoms with van der Waals surface area (Å²) >= 11 is 2.02. The Bertz CT molecular complexity index is 940. The molecule has 0 fully saturated rings. The van der Waals surface area contributed by atoms with Gasteiger partial charge in [0.15, 0.2) is 0 Å². The van der Waals surface area contributed by atoms with Crippen LogP contribution in [-0.2, 0) is 6.42 Å². The zero-order valence-corrected chi connectivity index (χ0v) is 15.0. The third kappa shape index (κ3) is 2.22. The van der Waals surface area contributed by atoms with E-state index in [4.69, 9.17) is 0 Å². The lowest BCUT2D eigenvalue weighted by atomic mass is 9.79. The molecule has 0 amide bonds. The van der Waals surface area contributed by atoms with Crippen molar-refractivity contribution >= 4 is 33.0 Å². The summed E-state index contributed by atoms with van der Waals surface area (Å²) < 4.78 is 0. The zero-order valence-electron chi connectivity index (χ0n) is 14.2. The van der Waals surface area contributed by atoms with Gasteiger partial charge in [0, 0.05) is 10.7 Å². The van der Waals surface area contributed by atoms with Gasteiger partial charge in [0.05, 0.1) is 0 Å². The summed E-state index contributed by atoms with van der Waals surface area (Å²) in [6.45, 7) is 2.25. The van der Waals surface area contributed by atoms with Crippen molar-refractivity contribution < 1.29 is 0 Å². The molecule has 0 aromatic heterocycles. The highest BCUT2D eigenvalue weighted by atomic mass is 32.2. The third-order valence-corrected chi connectivity index (χ3v) is 6.74. The number of rotatable bonds is 1. The molecule has 0 spiro atoms. The van der Waals surface area contributed by atoms with E-state index in [0.717, 1.165) is 0 Å². The molecule has 0 N–H and O–H groups in total. The lowest BCUT2D eigenvalue weighted by molar-refractivity contribution is 0.831. The third-order valence-electron chi connectivity index (χ3n) is 5.61. The highest BCUT2D eigenvalue weighted by molar-refractivity contribution is 8.08. The molecule has 24 heavy (non-hydrogen) atoms. The number of aryl methyl sites for hydroxylation is 2. The Morgan fingerprint density at radius 1 is 0.917 bits per heavy atom. The van der Waals surface area contributed by atoms with Gasteiger partial charge in [-0.3, -0.25) is 0 Å². The van der Waals surface area contributed by atoms with Gasteiger partial charge in [0.1, 0.15) is 0 Å². The Hall–Kier alpha value is -1.73. The summed E-state index contributed by atoms with van der Waals surface area (Å²) in [6.07, 6.45) is 13.3. The first kappa shape index (κ1) is 14.6. The molecule has 1 aliphatic heterocycles. The summed E-state index contributed by atoms with van der Waals surface area (Å²) in [5, 5.41) is 2.94. The van der Waals surface area contributed by atoms with E-state index >= 15 is 0 Å². The normalized spacial score (nSPS) is 19.5. The van der Waals surface area contributed by atoms with Crippen molar-refractivity contribution in [1.29, 1.82) is 0 Å². The number of thioether (sulfide) groups is 1. The number of fused-ring (bicyclic) bond motifs is 4. The molecule has 2 aromatic rings. The molecule has 0 nitrogen and oxygen atoms in total. The zero-order chi connectivity index (χ0) is 16.1. The second kappa shape index (κ2) is 5.67. The summed E-state index contributed by atoms with van der Waals surface area (Å²) in [6, 6.07) is 9.56. The van der Waals surface area contributed by atoms with Crippen LogP contribution >= 0.6 is 11.8 Å². The average Bonchev–Trinajstić information content (AvgIpc) is 3.15. The average molecular weight is 330 g/mol. The molecule has 1 heterocycles. The van der Waals surface area contributed by atoms with Crippen LogP contribution in [0.2, 0.25) is 0 Å². The molecule has 1 heteroatoms. The van der Waals surface area contributed by atoms with Gasteiger partial charge in [0.2, 0.25) is 0 Å². The second-order valence-electron chi connectivity index (χ2n) is 7.16. The molecule has 120 valence electrons. The maximum atomic E-state index is 2.42. The number of allylic oxidation sites excluding steroid dienone is 5. The molecule has 0 atom stereocenters. The minimum atomic E-state index is 1.20. The monoisotopic (exact) mass is 330 g/mol. The fraction of sp³-hybridized carbons (Fsp3) is 0.304. The van der Waals surface area contributed by atoms with Crippen molar-refractivity contribution in [2.24, 2.45) is 0 Å². The maximum Gasteiger partial charge on any atom is 0.0111 e. The van der Waals surface area contributed by atoms with Crippen molar-refractivity contribution in [2.45, 2.75) is 39.0 Å². The van der Waals surface area contributed by atoms with Gasteiger partial charge in [-0.25, -0.2) is 0 Å². The van der Waals surface area contributed by atoms with Gasteiger partial charge in [-0.2, -0.15) is 0 Å². The van der Waals surface area contributed by atoms with E-state index < -0.39 is 0 Å². The lowest BCUT2D eigenvalue weighted by Gasteiger charge is -2.26. The van der Waals surface area contributed by atoms with E-state index in [1.807, 2.05) is 11.8 Å². The Kier molecular flexibility index (Phi) is 3.45. The van der Waals surface area contributed by atoms with Gasteiger partial charge >= 0.3 is 0 Å². The molecule has 2 aliphatic carbocycles. The van der Waals surface area contributed by atoms with Crippen LogP contribution in [-0.4, -0.2) is 5.75 Å². The standard InChI is InChI=1S/C23H22S/c1-15-13-21-19-9-8-16-5-2-3-6-17(16)18(19)10-11-20(21)22(14-15)23-7-4-12-24-23/h3,6-7,10-11,13-14H,2,4-5,8-9,12H2,1H3. The largest absolute Gasteiger partial charge is 0.126 e. The van der Waals surface area contributed by atoms with Crippen LogP contribution in [0.15, 0.2) is 48.1 Å². The van der Waals surface area contributed by atoms with E-state index in [2.05, 4.69) is 49.4 Å². The van der Waals surface area contributed by atoms with Crippen molar-refractivity contribution in [1.82, 2.24) is 0 Å². The van der Waals surface area contributed by atoms with Crippen molar-refractivity contribution in [3.05, 3.63) is 70.3 Å². The highest BCUT2D eigenvalue weighted by Crippen LogP contribution is 2.43. The minimum absolute atomic E-state index is 1.20. The van der Waals surface area contributed by atoms with Gasteiger partial charge in [-0.05, 0) is 77.6 Å². The highest BCUT2D eigenvalue weighted by Gasteiger charge is 2.22. The van der Waals surface area contributed by atoms with Gasteiger partial charge in [-0.15, -0.1) is 11.8 Å². The molecule has 0 radical (unpaired) electrons. The summed E-state index contributed by atoms with van der Waals surface area (Å²) in [7, 11) is 0. The Morgan fingerprint density at radius 2 is 1.88 bits per heavy atom. The fourth-order valence-electron chi connectivity index (χ4n) is 4.50. The molecule has 0 unspecified atom stereocenters. The van der Waals surface area contributed by atoms with Crippen LogP contribution in [0.1, 0.15) is 47.9 Å². The summed E-state index contributed by atoms with van der Waals surface area (Å²) in [5.74, 6) is 1.23. The maximum absolute atomic E-state index is 2.42. The van der Waals surface area contributed by atoms with E-state index in [9.17, 15) is 0 Å². The molecular weight excluding hydrogens is 308 g/mol. The smallest absolute Gasteiger partial charge is 0.0111 e. The first-order valence-corrected chi connectivity index (χ1v) is 10.1. The lowest BCUT2D eigenvalue weighted by Crippen LogP contribution is -2.07. The molecule has 0 bridgehead atoms. The van der Waals surface area contributed by atoms with Crippen LogP contribution in [0.5, 0.6) is 0 Å². The molecular formula is C23H22S. The van der Waals surface area contributed by atoms with E-state index in [1.54, 1.807) is 11.1 Å². The first-order chi connectivity index (χ1) is 11.8. The van der Waals surface area contributed by atoms with E-state index in [0.29, 0.717) is 0 Å². The SMILES string of the molecule is Cc1cc(C2=CCCS2)c2ccc3c(c2c1)CCC1=C3C=CCC1. The Balaban J connectivity index is 1.78. The molecule has 3 aliphatic rings. The van der Waals surface area contributed by atoms with Gasteiger partial charge in [0.25, 0.3) is 0 Å². The molecule has 0 saturated heterocycles. The predicted octanol–water partition coefficient (Wildman–Crippen LogP) is 6.68. The van der Waals surface area contributed by atoms with Crippen LogP contribution in [0.25, 0.3) is 21.3 Å². The number of hydrogen-bond donors (Lipinski definition) is 0. The summed E-state index contributed by atoms with van der Waals surface area (Å²) in [5.41, 5.74) is 9.09. The van der Waals surface area contributed by atoms with Crippen molar-refractivity contribution in [3.8, 4) is 0 Å². The quantitative estimate of drug-likeness (QED) is 0.562. The van der Waals surface area contributed by atoms with E-state index in [1.165, 1.54) is 75.8 Å². The molecule has 2 aromatic carbocycles. The first-order valence-electron chi connectivity index (χ1n) is 9.10. The Morgan fingerprint density at radius 3 is 2.75 bits per heavy atom.